The molecular weight excluding hydrogens is 175 g/mol. The van der Waals surface area contributed by atoms with Crippen LogP contribution in [0.25, 0.3) is 0 Å². The molecule has 0 bridgehead atoms. The molecule has 1 aromatic rings. The summed E-state index contributed by atoms with van der Waals surface area (Å²) in [7, 11) is 0. The number of amides is 1. The van der Waals surface area contributed by atoms with Crippen molar-refractivity contribution in [1.29, 1.82) is 0 Å². The van der Waals surface area contributed by atoms with Gasteiger partial charge >= 0.3 is 0 Å². The molecule has 1 radical (unpaired) electrons. The van der Waals surface area contributed by atoms with Crippen molar-refractivity contribution in [2.75, 3.05) is 6.61 Å². The average molecular weight is 181 g/mol. The first-order chi connectivity index (χ1) is 6.29. The van der Waals surface area contributed by atoms with Crippen LogP contribution in [0.4, 0.5) is 4.48 Å². The topological polar surface area (TPSA) is 42.4 Å². The maximum atomic E-state index is 12.9. The highest BCUT2D eigenvalue weighted by molar-refractivity contribution is 5.80. The summed E-state index contributed by atoms with van der Waals surface area (Å²) in [5.74, 6) is -0.708. The van der Waals surface area contributed by atoms with Crippen LogP contribution in [0.5, 0.6) is 0 Å². The van der Waals surface area contributed by atoms with Crippen LogP contribution in [-0.4, -0.2) is 22.6 Å². The molecule has 0 spiro atoms. The van der Waals surface area contributed by atoms with Gasteiger partial charge in [0.25, 0.3) is 12.1 Å². The Morgan fingerprint density at radius 3 is 2.92 bits per heavy atom. The molecule has 5 heteroatoms. The molecule has 4 nitrogen and oxygen atoms in total. The first-order valence-electron chi connectivity index (χ1n) is 3.69. The number of carbonyl (C=O) groups excluding carboxylic acids is 1. The number of ether oxygens (including phenoxy) is 1. The molecule has 0 aromatic carbocycles. The second kappa shape index (κ2) is 3.10. The lowest BCUT2D eigenvalue weighted by Crippen LogP contribution is -2.20. The highest BCUT2D eigenvalue weighted by Gasteiger charge is 2.36. The lowest BCUT2D eigenvalue weighted by Gasteiger charge is -2.09. The molecule has 1 aliphatic rings. The van der Waals surface area contributed by atoms with E-state index in [1.54, 1.807) is 18.2 Å². The van der Waals surface area contributed by atoms with Crippen LogP contribution in [0, 0.1) is 6.23 Å². The Hall–Kier alpha value is -1.49. The third-order valence-electron chi connectivity index (χ3n) is 1.61. The van der Waals surface area contributed by atoms with E-state index in [9.17, 15) is 9.28 Å². The summed E-state index contributed by atoms with van der Waals surface area (Å²) in [6.07, 6.45) is 1.37. The van der Waals surface area contributed by atoms with Gasteiger partial charge in [-0.05, 0) is 12.1 Å². The predicted molar refractivity (Wildman–Crippen MR) is 40.5 cm³/mol. The van der Waals surface area contributed by atoms with Gasteiger partial charge in [0.2, 0.25) is 0 Å². The van der Waals surface area contributed by atoms with Gasteiger partial charge in [0.15, 0.2) is 0 Å². The van der Waals surface area contributed by atoms with Gasteiger partial charge in [-0.15, -0.1) is 5.12 Å². The number of halogens is 1. The van der Waals surface area contributed by atoms with Gasteiger partial charge in [-0.3, -0.25) is 9.78 Å². The lowest BCUT2D eigenvalue weighted by atomic mass is 10.3. The van der Waals surface area contributed by atoms with Crippen LogP contribution < -0.4 is 0 Å². The minimum absolute atomic E-state index is 0.0255. The minimum atomic E-state index is -0.708. The Bertz CT molecular complexity index is 317. The van der Waals surface area contributed by atoms with Crippen molar-refractivity contribution in [1.82, 2.24) is 10.1 Å². The maximum Gasteiger partial charge on any atom is 0.279 e. The number of pyridine rings is 1. The molecule has 2 rings (SSSR count). The van der Waals surface area contributed by atoms with E-state index in [0.717, 1.165) is 0 Å². The molecule has 1 aromatic heterocycles. The van der Waals surface area contributed by atoms with E-state index in [2.05, 4.69) is 4.98 Å². The molecule has 13 heavy (non-hydrogen) atoms. The SMILES string of the molecule is O=C1CO[C](c2ccccn2)N1F. The second-order valence-electron chi connectivity index (χ2n) is 2.48. The predicted octanol–water partition coefficient (Wildman–Crippen LogP) is 0.662. The van der Waals surface area contributed by atoms with Crippen LogP contribution in [0.3, 0.4) is 0 Å². The average Bonchev–Trinajstić information content (AvgIpc) is 2.49. The molecule has 0 aliphatic carbocycles. The summed E-state index contributed by atoms with van der Waals surface area (Å²) in [6, 6.07) is 4.96. The molecule has 1 saturated heterocycles. The Kier molecular flexibility index (Phi) is 1.94. The van der Waals surface area contributed by atoms with Crippen LogP contribution in [-0.2, 0) is 9.53 Å². The number of hydrogen-bond acceptors (Lipinski definition) is 3. The molecule has 1 aliphatic heterocycles. The summed E-state index contributed by atoms with van der Waals surface area (Å²) in [4.78, 5) is 14.6. The Labute approximate surface area is 73.9 Å². The van der Waals surface area contributed by atoms with Crippen molar-refractivity contribution >= 4 is 5.91 Å². The Balaban J connectivity index is 2.24. The van der Waals surface area contributed by atoms with Gasteiger partial charge in [-0.1, -0.05) is 10.5 Å². The van der Waals surface area contributed by atoms with Crippen molar-refractivity contribution in [3.63, 3.8) is 0 Å². The maximum absolute atomic E-state index is 12.9. The highest BCUT2D eigenvalue weighted by Crippen LogP contribution is 2.24. The number of aromatic nitrogens is 1. The molecule has 0 N–H and O–H groups in total. The van der Waals surface area contributed by atoms with Crippen molar-refractivity contribution in [3.8, 4) is 0 Å². The zero-order valence-corrected chi connectivity index (χ0v) is 6.61. The van der Waals surface area contributed by atoms with Gasteiger partial charge in [0.1, 0.15) is 12.3 Å². The fraction of sp³-hybridized carbons (Fsp3) is 0.125. The summed E-state index contributed by atoms with van der Waals surface area (Å²) < 4.78 is 17.8. The molecule has 1 fully saturated rings. The monoisotopic (exact) mass is 181 g/mol. The zero-order valence-electron chi connectivity index (χ0n) is 6.61. The quantitative estimate of drug-likeness (QED) is 0.598. The Morgan fingerprint density at radius 1 is 1.54 bits per heavy atom. The van der Waals surface area contributed by atoms with E-state index >= 15 is 0 Å². The molecule has 0 atom stereocenters. The van der Waals surface area contributed by atoms with Crippen LogP contribution in [0.1, 0.15) is 5.69 Å². The molecular formula is C8H6FN2O2. The number of rotatable bonds is 1. The molecule has 0 saturated carbocycles. The third kappa shape index (κ3) is 1.38. The third-order valence-corrected chi connectivity index (χ3v) is 1.61. The summed E-state index contributed by atoms with van der Waals surface area (Å²) in [6.45, 7) is -0.262. The normalized spacial score (nSPS) is 18.2. The van der Waals surface area contributed by atoms with Crippen molar-refractivity contribution in [2.24, 2.45) is 0 Å². The smallest absolute Gasteiger partial charge is 0.279 e. The van der Waals surface area contributed by atoms with Gasteiger partial charge in [0, 0.05) is 6.20 Å². The standard InChI is InChI=1S/C8H6FN2O2/c9-11-7(12)5-13-8(11)6-3-1-2-4-10-6/h1-4H,5H2. The molecule has 0 unspecified atom stereocenters. The van der Waals surface area contributed by atoms with E-state index in [4.69, 9.17) is 4.74 Å². The van der Waals surface area contributed by atoms with E-state index < -0.39 is 5.91 Å². The summed E-state index contributed by atoms with van der Waals surface area (Å²) in [5, 5.41) is -0.0255. The van der Waals surface area contributed by atoms with Crippen molar-refractivity contribution < 1.29 is 14.0 Å². The fourth-order valence-corrected chi connectivity index (χ4v) is 1.02. The van der Waals surface area contributed by atoms with Gasteiger partial charge in [0.05, 0.1) is 0 Å². The van der Waals surface area contributed by atoms with Crippen LogP contribution >= 0.6 is 0 Å². The van der Waals surface area contributed by atoms with Crippen molar-refractivity contribution in [2.45, 2.75) is 0 Å². The minimum Gasteiger partial charge on any atom is -0.333 e. The van der Waals surface area contributed by atoms with Gasteiger partial charge in [-0.2, -0.15) is 0 Å². The van der Waals surface area contributed by atoms with E-state index in [0.29, 0.717) is 5.69 Å². The fourth-order valence-electron chi connectivity index (χ4n) is 1.02. The first kappa shape index (κ1) is 8.12. The van der Waals surface area contributed by atoms with Gasteiger partial charge in [-0.25, -0.2) is 0 Å². The number of nitrogens with zero attached hydrogens (tertiary/aromatic N) is 2. The van der Waals surface area contributed by atoms with Crippen LogP contribution in [0.2, 0.25) is 0 Å². The van der Waals surface area contributed by atoms with Gasteiger partial charge < -0.3 is 4.74 Å². The van der Waals surface area contributed by atoms with Crippen LogP contribution in [0.15, 0.2) is 24.4 Å². The highest BCUT2D eigenvalue weighted by atomic mass is 19.2. The summed E-state index contributed by atoms with van der Waals surface area (Å²) >= 11 is 0. The number of hydrogen-bond donors (Lipinski definition) is 0. The lowest BCUT2D eigenvalue weighted by molar-refractivity contribution is -0.138. The first-order valence-corrected chi connectivity index (χ1v) is 3.69. The Morgan fingerprint density at radius 2 is 2.38 bits per heavy atom. The molecule has 1 amide bonds. The number of carbonyl (C=O) groups is 1. The van der Waals surface area contributed by atoms with E-state index in [1.165, 1.54) is 6.20 Å². The largest absolute Gasteiger partial charge is 0.333 e. The van der Waals surface area contributed by atoms with Crippen molar-refractivity contribution in [3.05, 3.63) is 36.3 Å². The van der Waals surface area contributed by atoms with E-state index in [-0.39, 0.29) is 18.0 Å². The zero-order chi connectivity index (χ0) is 9.26. The molecule has 2 heterocycles. The summed E-state index contributed by atoms with van der Waals surface area (Å²) in [5.41, 5.74) is 0.316. The van der Waals surface area contributed by atoms with E-state index in [1.807, 2.05) is 0 Å². The molecule has 67 valence electrons. The second-order valence-corrected chi connectivity index (χ2v) is 2.48.